The van der Waals surface area contributed by atoms with Crippen LogP contribution in [0.25, 0.3) is 0 Å². The van der Waals surface area contributed by atoms with Crippen LogP contribution in [0.15, 0.2) is 28.8 Å². The SMILES string of the molecule is CC(C)(N)c1noc(COc2ccccc2CO)n1. The van der Waals surface area contributed by atoms with E-state index < -0.39 is 5.54 Å². The molecule has 0 bridgehead atoms. The molecule has 1 aromatic carbocycles. The third kappa shape index (κ3) is 3.30. The fourth-order valence-electron chi connectivity index (χ4n) is 1.49. The Morgan fingerprint density at radius 2 is 2.11 bits per heavy atom. The number of ether oxygens (including phenoxy) is 1. The Kier molecular flexibility index (Phi) is 3.82. The lowest BCUT2D eigenvalue weighted by Crippen LogP contribution is -2.30. The highest BCUT2D eigenvalue weighted by Gasteiger charge is 2.21. The number of hydrogen-bond donors (Lipinski definition) is 2. The maximum Gasteiger partial charge on any atom is 0.264 e. The first-order valence-electron chi connectivity index (χ1n) is 5.94. The minimum absolute atomic E-state index is 0.0823. The Morgan fingerprint density at radius 3 is 2.74 bits per heavy atom. The average Bonchev–Trinajstić information content (AvgIpc) is 2.85. The van der Waals surface area contributed by atoms with Crippen molar-refractivity contribution in [2.75, 3.05) is 0 Å². The molecule has 0 spiro atoms. The second-order valence-corrected chi connectivity index (χ2v) is 4.79. The topological polar surface area (TPSA) is 94.4 Å². The van der Waals surface area contributed by atoms with E-state index in [9.17, 15) is 5.11 Å². The molecule has 0 aliphatic carbocycles. The number of aromatic nitrogens is 2. The summed E-state index contributed by atoms with van der Waals surface area (Å²) in [6, 6.07) is 7.23. The molecule has 0 amide bonds. The van der Waals surface area contributed by atoms with Crippen LogP contribution in [0.2, 0.25) is 0 Å². The summed E-state index contributed by atoms with van der Waals surface area (Å²) >= 11 is 0. The zero-order chi connectivity index (χ0) is 13.9. The van der Waals surface area contributed by atoms with E-state index in [1.54, 1.807) is 26.0 Å². The number of hydrogen-bond acceptors (Lipinski definition) is 6. The molecular formula is C13H17N3O3. The molecule has 0 unspecified atom stereocenters. The average molecular weight is 263 g/mol. The van der Waals surface area contributed by atoms with Gasteiger partial charge in [0.2, 0.25) is 0 Å². The fraction of sp³-hybridized carbons (Fsp3) is 0.385. The van der Waals surface area contributed by atoms with Crippen LogP contribution in [0.5, 0.6) is 5.75 Å². The van der Waals surface area contributed by atoms with Gasteiger partial charge in [-0.15, -0.1) is 0 Å². The van der Waals surface area contributed by atoms with Crippen LogP contribution in [-0.2, 0) is 18.8 Å². The van der Waals surface area contributed by atoms with E-state index in [4.69, 9.17) is 15.0 Å². The minimum Gasteiger partial charge on any atom is -0.483 e. The van der Waals surface area contributed by atoms with E-state index in [1.807, 2.05) is 12.1 Å². The van der Waals surface area contributed by atoms with Gasteiger partial charge in [-0.2, -0.15) is 4.98 Å². The van der Waals surface area contributed by atoms with E-state index >= 15 is 0 Å². The van der Waals surface area contributed by atoms with Gasteiger partial charge in [-0.1, -0.05) is 23.4 Å². The zero-order valence-corrected chi connectivity index (χ0v) is 11.0. The smallest absolute Gasteiger partial charge is 0.264 e. The van der Waals surface area contributed by atoms with Crippen molar-refractivity contribution in [3.8, 4) is 5.75 Å². The number of nitrogens with two attached hydrogens (primary N) is 1. The maximum absolute atomic E-state index is 9.18. The van der Waals surface area contributed by atoms with Crippen LogP contribution < -0.4 is 10.5 Å². The number of rotatable bonds is 5. The summed E-state index contributed by atoms with van der Waals surface area (Å²) in [5, 5.41) is 13.0. The molecule has 6 nitrogen and oxygen atoms in total. The minimum atomic E-state index is -0.648. The van der Waals surface area contributed by atoms with Crippen LogP contribution in [0, 0.1) is 0 Å². The number of para-hydroxylation sites is 1. The lowest BCUT2D eigenvalue weighted by atomic mass is 10.1. The molecule has 0 saturated heterocycles. The van der Waals surface area contributed by atoms with Crippen molar-refractivity contribution in [1.29, 1.82) is 0 Å². The lowest BCUT2D eigenvalue weighted by molar-refractivity contribution is 0.228. The van der Waals surface area contributed by atoms with Crippen molar-refractivity contribution >= 4 is 0 Å². The van der Waals surface area contributed by atoms with Gasteiger partial charge in [-0.3, -0.25) is 0 Å². The lowest BCUT2D eigenvalue weighted by Gasteiger charge is -2.11. The Balaban J connectivity index is 2.05. The van der Waals surface area contributed by atoms with Gasteiger partial charge in [0.1, 0.15) is 5.75 Å². The highest BCUT2D eigenvalue weighted by Crippen LogP contribution is 2.19. The first kappa shape index (κ1) is 13.5. The predicted octanol–water partition coefficient (Wildman–Crippen LogP) is 1.33. The molecule has 0 radical (unpaired) electrons. The maximum atomic E-state index is 9.18. The number of aliphatic hydroxyl groups is 1. The molecule has 0 aliphatic heterocycles. The summed E-state index contributed by atoms with van der Waals surface area (Å²) < 4.78 is 10.6. The largest absolute Gasteiger partial charge is 0.483 e. The van der Waals surface area contributed by atoms with Gasteiger partial charge in [0, 0.05) is 5.56 Å². The molecule has 0 atom stereocenters. The molecule has 1 aromatic heterocycles. The summed E-state index contributed by atoms with van der Waals surface area (Å²) in [5.74, 6) is 1.37. The van der Waals surface area contributed by atoms with E-state index in [0.717, 1.165) is 0 Å². The second-order valence-electron chi connectivity index (χ2n) is 4.79. The van der Waals surface area contributed by atoms with Gasteiger partial charge in [-0.25, -0.2) is 0 Å². The predicted molar refractivity (Wildman–Crippen MR) is 68.2 cm³/mol. The summed E-state index contributed by atoms with van der Waals surface area (Å²) in [5.41, 5.74) is 5.93. The molecule has 3 N–H and O–H groups in total. The molecular weight excluding hydrogens is 246 g/mol. The van der Waals surface area contributed by atoms with Gasteiger partial charge in [0.15, 0.2) is 12.4 Å². The third-order valence-electron chi connectivity index (χ3n) is 2.54. The van der Waals surface area contributed by atoms with Crippen LogP contribution in [0.3, 0.4) is 0 Å². The zero-order valence-electron chi connectivity index (χ0n) is 11.0. The molecule has 6 heteroatoms. The van der Waals surface area contributed by atoms with Crippen LogP contribution >= 0.6 is 0 Å². The van der Waals surface area contributed by atoms with Gasteiger partial charge in [0.25, 0.3) is 5.89 Å². The summed E-state index contributed by atoms with van der Waals surface area (Å²) in [4.78, 5) is 4.16. The molecule has 0 fully saturated rings. The summed E-state index contributed by atoms with van der Waals surface area (Å²) in [7, 11) is 0. The molecule has 19 heavy (non-hydrogen) atoms. The molecule has 1 heterocycles. The molecule has 102 valence electrons. The number of aliphatic hydroxyl groups excluding tert-OH is 1. The molecule has 2 rings (SSSR count). The van der Waals surface area contributed by atoms with Crippen molar-refractivity contribution in [3.05, 3.63) is 41.5 Å². The van der Waals surface area contributed by atoms with Gasteiger partial charge in [-0.05, 0) is 19.9 Å². The Morgan fingerprint density at radius 1 is 1.37 bits per heavy atom. The van der Waals surface area contributed by atoms with Crippen LogP contribution in [0.1, 0.15) is 31.1 Å². The first-order valence-corrected chi connectivity index (χ1v) is 5.94. The Bertz CT molecular complexity index is 546. The van der Waals surface area contributed by atoms with E-state index in [2.05, 4.69) is 10.1 Å². The molecule has 0 saturated carbocycles. The standard InChI is InChI=1S/C13H17N3O3/c1-13(2,14)12-15-11(19-16-12)8-18-10-6-4-3-5-9(10)7-17/h3-6,17H,7-8,14H2,1-2H3. The van der Waals surface area contributed by atoms with Crippen molar-refractivity contribution in [2.45, 2.75) is 32.6 Å². The highest BCUT2D eigenvalue weighted by molar-refractivity contribution is 5.32. The van der Waals surface area contributed by atoms with Crippen molar-refractivity contribution in [1.82, 2.24) is 10.1 Å². The van der Waals surface area contributed by atoms with E-state index in [-0.39, 0.29) is 13.2 Å². The summed E-state index contributed by atoms with van der Waals surface area (Å²) in [6.45, 7) is 3.65. The van der Waals surface area contributed by atoms with Crippen molar-refractivity contribution in [2.24, 2.45) is 5.73 Å². The van der Waals surface area contributed by atoms with Crippen molar-refractivity contribution in [3.63, 3.8) is 0 Å². The van der Waals surface area contributed by atoms with Gasteiger partial charge >= 0.3 is 0 Å². The Hall–Kier alpha value is -1.92. The van der Waals surface area contributed by atoms with E-state index in [0.29, 0.717) is 23.0 Å². The first-order chi connectivity index (χ1) is 9.00. The quantitative estimate of drug-likeness (QED) is 0.845. The number of benzene rings is 1. The third-order valence-corrected chi connectivity index (χ3v) is 2.54. The van der Waals surface area contributed by atoms with E-state index in [1.165, 1.54) is 0 Å². The van der Waals surface area contributed by atoms with Gasteiger partial charge < -0.3 is 20.1 Å². The van der Waals surface area contributed by atoms with Crippen LogP contribution in [-0.4, -0.2) is 15.2 Å². The normalized spacial score (nSPS) is 11.6. The van der Waals surface area contributed by atoms with Crippen LogP contribution in [0.4, 0.5) is 0 Å². The Labute approximate surface area is 111 Å². The van der Waals surface area contributed by atoms with Gasteiger partial charge in [0.05, 0.1) is 12.1 Å². The highest BCUT2D eigenvalue weighted by atomic mass is 16.5. The number of nitrogens with zero attached hydrogens (tertiary/aromatic N) is 2. The molecule has 2 aromatic rings. The molecule has 0 aliphatic rings. The fourth-order valence-corrected chi connectivity index (χ4v) is 1.49. The summed E-state index contributed by atoms with van der Waals surface area (Å²) in [6.07, 6.45) is 0. The second kappa shape index (κ2) is 5.38. The monoisotopic (exact) mass is 263 g/mol. The van der Waals surface area contributed by atoms with Crippen molar-refractivity contribution < 1.29 is 14.4 Å².